The summed E-state index contributed by atoms with van der Waals surface area (Å²) in [4.78, 5) is 39.9. The Labute approximate surface area is 190 Å². The maximum atomic E-state index is 12.4. The van der Waals surface area contributed by atoms with Gasteiger partial charge in [-0.1, -0.05) is 18.5 Å². The van der Waals surface area contributed by atoms with Crippen molar-refractivity contribution in [1.82, 2.24) is 9.80 Å². The number of carbonyl (C=O) groups excluding carboxylic acids is 2. The molecule has 0 unspecified atom stereocenters. The predicted molar refractivity (Wildman–Crippen MR) is 115 cm³/mol. The second-order valence-corrected chi connectivity index (χ2v) is 8.87. The monoisotopic (exact) mass is 466 g/mol. The van der Waals surface area contributed by atoms with Crippen molar-refractivity contribution in [3.05, 3.63) is 34.0 Å². The van der Waals surface area contributed by atoms with Gasteiger partial charge in [0.2, 0.25) is 5.91 Å². The van der Waals surface area contributed by atoms with Crippen molar-refractivity contribution >= 4 is 29.3 Å². The Bertz CT molecular complexity index is 991. The summed E-state index contributed by atoms with van der Waals surface area (Å²) < 4.78 is 0. The number of aromatic hydroxyl groups is 2. The minimum absolute atomic E-state index is 0.0151. The number of aliphatic carboxylic acids is 1. The van der Waals surface area contributed by atoms with Crippen molar-refractivity contribution in [1.29, 1.82) is 0 Å². The molecule has 1 saturated heterocycles. The first-order valence-electron chi connectivity index (χ1n) is 10.4. The average molecular weight is 467 g/mol. The standard InChI is InChI=1S/C22H27ClN2O7/c1-10-13(19(22(31)32)25-18(10)16(11(2)26)21(25)30)9-24(3)8-4-5-14(27)12-6-7-15(28)20(29)17(12)23/h6-7,10-11,16,18,26,28-29H,4-5,8-9H2,1-3H3,(H,31,32)/t10-,11+,16+,18+/m0/s1. The average Bonchev–Trinajstić information content (AvgIpc) is 2.94. The number of carboxylic acids is 1. The molecule has 1 aromatic rings. The van der Waals surface area contributed by atoms with Gasteiger partial charge in [0.1, 0.15) is 5.70 Å². The van der Waals surface area contributed by atoms with Crippen molar-refractivity contribution < 1.29 is 34.8 Å². The number of fused-ring (bicyclic) bond motifs is 1. The van der Waals surface area contributed by atoms with Gasteiger partial charge in [-0.25, -0.2) is 4.79 Å². The number of β-lactam (4-membered cyclic amide) rings is 1. The highest BCUT2D eigenvalue weighted by Crippen LogP contribution is 2.47. The molecule has 2 aliphatic rings. The molecule has 0 aliphatic carbocycles. The molecule has 1 aromatic carbocycles. The van der Waals surface area contributed by atoms with E-state index in [1.807, 2.05) is 11.8 Å². The van der Waals surface area contributed by atoms with Crippen molar-refractivity contribution in [2.45, 2.75) is 38.8 Å². The van der Waals surface area contributed by atoms with E-state index >= 15 is 0 Å². The highest BCUT2D eigenvalue weighted by molar-refractivity contribution is 6.35. The van der Waals surface area contributed by atoms with Gasteiger partial charge >= 0.3 is 5.97 Å². The number of phenols is 2. The number of rotatable bonds is 9. The van der Waals surface area contributed by atoms with Crippen LogP contribution in [0.4, 0.5) is 0 Å². The fourth-order valence-electron chi connectivity index (χ4n) is 4.64. The van der Waals surface area contributed by atoms with E-state index < -0.39 is 29.5 Å². The SMILES string of the molecule is C[C@@H](O)[C@H]1C(=O)N2C(C(=O)O)=C(CN(C)CCCC(=O)c3ccc(O)c(O)c3Cl)[C@H](C)[C@H]12. The lowest BCUT2D eigenvalue weighted by atomic mass is 9.77. The fraction of sp³-hybridized carbons (Fsp3) is 0.500. The number of phenolic OH excluding ortho intramolecular Hbond substituents is 2. The molecule has 0 saturated carbocycles. The van der Waals surface area contributed by atoms with Gasteiger partial charge in [-0.2, -0.15) is 0 Å². The quantitative estimate of drug-likeness (QED) is 0.245. The topological polar surface area (TPSA) is 139 Å². The van der Waals surface area contributed by atoms with Crippen LogP contribution in [-0.2, 0) is 9.59 Å². The summed E-state index contributed by atoms with van der Waals surface area (Å²) in [6, 6.07) is 2.20. The van der Waals surface area contributed by atoms with Crippen LogP contribution >= 0.6 is 11.6 Å². The number of aliphatic hydroxyl groups is 1. The Balaban J connectivity index is 1.63. The van der Waals surface area contributed by atoms with E-state index in [4.69, 9.17) is 11.6 Å². The minimum Gasteiger partial charge on any atom is -0.504 e. The Kier molecular flexibility index (Phi) is 6.83. The number of carboxylic acid groups (broad SMARTS) is 1. The number of Topliss-reactive ketones (excluding diaryl/α,β-unsaturated/α-hetero) is 1. The van der Waals surface area contributed by atoms with Crippen LogP contribution in [0, 0.1) is 11.8 Å². The molecule has 32 heavy (non-hydrogen) atoms. The number of ketones is 1. The summed E-state index contributed by atoms with van der Waals surface area (Å²) in [5.41, 5.74) is 0.731. The second kappa shape index (κ2) is 9.09. The van der Waals surface area contributed by atoms with Crippen molar-refractivity contribution in [3.63, 3.8) is 0 Å². The van der Waals surface area contributed by atoms with Gasteiger partial charge < -0.3 is 30.2 Å². The van der Waals surface area contributed by atoms with Gasteiger partial charge in [0.25, 0.3) is 0 Å². The van der Waals surface area contributed by atoms with Gasteiger partial charge in [0.05, 0.1) is 23.1 Å². The molecule has 0 aromatic heterocycles. The first-order valence-corrected chi connectivity index (χ1v) is 10.7. The van der Waals surface area contributed by atoms with E-state index in [0.29, 0.717) is 25.1 Å². The maximum Gasteiger partial charge on any atom is 0.352 e. The number of benzene rings is 1. The number of carbonyl (C=O) groups is 3. The lowest BCUT2D eigenvalue weighted by molar-refractivity contribution is -0.163. The Morgan fingerprint density at radius 2 is 1.94 bits per heavy atom. The van der Waals surface area contributed by atoms with Crippen molar-refractivity contribution in [3.8, 4) is 11.5 Å². The zero-order chi connectivity index (χ0) is 23.9. The molecule has 2 aliphatic heterocycles. The molecule has 3 rings (SSSR count). The summed E-state index contributed by atoms with van der Waals surface area (Å²) >= 11 is 5.94. The number of halogens is 1. The number of likely N-dealkylation sites (N-methyl/N-ethyl adjacent to an activating group) is 1. The molecule has 0 radical (unpaired) electrons. The van der Waals surface area contributed by atoms with Crippen LogP contribution in [0.3, 0.4) is 0 Å². The summed E-state index contributed by atoms with van der Waals surface area (Å²) in [6.45, 7) is 4.19. The van der Waals surface area contributed by atoms with Gasteiger partial charge in [0, 0.05) is 24.4 Å². The molecule has 4 atom stereocenters. The van der Waals surface area contributed by atoms with Crippen molar-refractivity contribution in [2.75, 3.05) is 20.1 Å². The smallest absolute Gasteiger partial charge is 0.352 e. The molecule has 2 heterocycles. The molecule has 0 spiro atoms. The largest absolute Gasteiger partial charge is 0.504 e. The third-order valence-corrected chi connectivity index (χ3v) is 6.68. The molecule has 10 heteroatoms. The van der Waals surface area contributed by atoms with E-state index in [9.17, 15) is 34.8 Å². The molecule has 174 valence electrons. The summed E-state index contributed by atoms with van der Waals surface area (Å²) in [5.74, 6) is -3.57. The third-order valence-electron chi connectivity index (χ3n) is 6.30. The summed E-state index contributed by atoms with van der Waals surface area (Å²) in [5, 5.41) is 38.5. The lowest BCUT2D eigenvalue weighted by Gasteiger charge is -2.46. The van der Waals surface area contributed by atoms with Crippen molar-refractivity contribution in [2.24, 2.45) is 11.8 Å². The van der Waals surface area contributed by atoms with E-state index in [-0.39, 0.29) is 46.4 Å². The van der Waals surface area contributed by atoms with Gasteiger partial charge in [-0.05, 0) is 44.6 Å². The summed E-state index contributed by atoms with van der Waals surface area (Å²) in [7, 11) is 1.80. The van der Waals surface area contributed by atoms with Crippen LogP contribution in [0.15, 0.2) is 23.4 Å². The van der Waals surface area contributed by atoms with Crippen LogP contribution in [-0.4, -0.2) is 80.2 Å². The normalized spacial score (nSPS) is 23.4. The molecule has 9 nitrogen and oxygen atoms in total. The van der Waals surface area contributed by atoms with E-state index in [1.54, 1.807) is 7.05 Å². The molecule has 1 fully saturated rings. The first kappa shape index (κ1) is 24.0. The maximum absolute atomic E-state index is 12.4. The molecule has 0 bridgehead atoms. The zero-order valence-electron chi connectivity index (χ0n) is 18.1. The van der Waals surface area contributed by atoms with Crippen LogP contribution in [0.25, 0.3) is 0 Å². The van der Waals surface area contributed by atoms with Crippen LogP contribution < -0.4 is 0 Å². The van der Waals surface area contributed by atoms with Gasteiger partial charge in [-0.3, -0.25) is 9.59 Å². The number of aliphatic hydroxyl groups excluding tert-OH is 1. The van der Waals surface area contributed by atoms with Crippen LogP contribution in [0.5, 0.6) is 11.5 Å². The number of nitrogens with zero attached hydrogens (tertiary/aromatic N) is 2. The highest BCUT2D eigenvalue weighted by atomic mass is 35.5. The van der Waals surface area contributed by atoms with Gasteiger partial charge in [-0.15, -0.1) is 0 Å². The van der Waals surface area contributed by atoms with Gasteiger partial charge in [0.15, 0.2) is 17.3 Å². The van der Waals surface area contributed by atoms with E-state index in [2.05, 4.69) is 0 Å². The Morgan fingerprint density at radius 1 is 1.28 bits per heavy atom. The Hall–Kier alpha value is -2.62. The molecule has 1 amide bonds. The summed E-state index contributed by atoms with van der Waals surface area (Å²) in [6.07, 6.45) is -0.248. The Morgan fingerprint density at radius 3 is 2.53 bits per heavy atom. The van der Waals surface area contributed by atoms with Crippen LogP contribution in [0.1, 0.15) is 37.0 Å². The highest BCUT2D eigenvalue weighted by Gasteiger charge is 2.59. The second-order valence-electron chi connectivity index (χ2n) is 8.49. The lowest BCUT2D eigenvalue weighted by Crippen LogP contribution is -2.63. The molecular formula is C22H27ClN2O7. The minimum atomic E-state index is -1.17. The fourth-order valence-corrected chi connectivity index (χ4v) is 4.90. The number of hydrogen-bond acceptors (Lipinski definition) is 7. The predicted octanol–water partition coefficient (Wildman–Crippen LogP) is 1.84. The molecule has 4 N–H and O–H groups in total. The number of amides is 1. The molecular weight excluding hydrogens is 440 g/mol. The van der Waals surface area contributed by atoms with Crippen LogP contribution in [0.2, 0.25) is 5.02 Å². The van der Waals surface area contributed by atoms with E-state index in [0.717, 1.165) is 0 Å². The third kappa shape index (κ3) is 4.07. The first-order chi connectivity index (χ1) is 15.0. The number of hydrogen-bond donors (Lipinski definition) is 4. The zero-order valence-corrected chi connectivity index (χ0v) is 18.8. The van der Waals surface area contributed by atoms with E-state index in [1.165, 1.54) is 24.0 Å².